The lowest BCUT2D eigenvalue weighted by atomic mass is 10.1. The van der Waals surface area contributed by atoms with Gasteiger partial charge in [-0.25, -0.2) is 9.97 Å². The second kappa shape index (κ2) is 9.90. The van der Waals surface area contributed by atoms with Crippen molar-refractivity contribution in [3.8, 4) is 16.8 Å². The smallest absolute Gasteiger partial charge is 0.160 e. The molecule has 0 fully saturated rings. The molecule has 4 nitrogen and oxygen atoms in total. The van der Waals surface area contributed by atoms with E-state index in [2.05, 4.69) is 128 Å². The summed E-state index contributed by atoms with van der Waals surface area (Å²) in [6.45, 7) is 4.19. The predicted octanol–water partition coefficient (Wildman–Crippen LogP) is 6.75. The van der Waals surface area contributed by atoms with Crippen LogP contribution >= 0.6 is 0 Å². The van der Waals surface area contributed by atoms with Gasteiger partial charge in [-0.05, 0) is 59.7 Å². The van der Waals surface area contributed by atoms with Gasteiger partial charge >= 0.3 is 0 Å². The van der Waals surface area contributed by atoms with Crippen molar-refractivity contribution in [3.63, 3.8) is 0 Å². The van der Waals surface area contributed by atoms with Crippen LogP contribution in [0.25, 0.3) is 56.3 Å². The van der Waals surface area contributed by atoms with E-state index >= 15 is 0 Å². The monoisotopic (exact) mass is 516 g/mol. The molecule has 0 bridgehead atoms. The molecule has 0 amide bonds. The highest BCUT2D eigenvalue weighted by atomic mass is 15.0. The summed E-state index contributed by atoms with van der Waals surface area (Å²) in [5, 5.41) is 4.89. The topological polar surface area (TPSA) is 43.1 Å². The molecule has 6 aromatic rings. The Morgan fingerprint density at radius 2 is 1.25 bits per heavy atom. The van der Waals surface area contributed by atoms with Crippen molar-refractivity contribution in [2.24, 2.45) is 4.99 Å². The van der Waals surface area contributed by atoms with Crippen LogP contribution < -0.4 is 10.4 Å². The van der Waals surface area contributed by atoms with Gasteiger partial charge in [-0.2, -0.15) is 0 Å². The maximum absolute atomic E-state index is 4.77. The summed E-state index contributed by atoms with van der Waals surface area (Å²) in [4.78, 5) is 14.3. The van der Waals surface area contributed by atoms with Gasteiger partial charge in [-0.1, -0.05) is 84.9 Å². The van der Waals surface area contributed by atoms with E-state index in [0.717, 1.165) is 28.0 Å². The summed E-state index contributed by atoms with van der Waals surface area (Å²) in [6, 6.07) is 34.2. The quantitative estimate of drug-likeness (QED) is 0.261. The molecule has 192 valence electrons. The fourth-order valence-electron chi connectivity index (χ4n) is 5.56. The number of fused-ring (bicyclic) bond motifs is 4. The molecule has 3 heterocycles. The maximum atomic E-state index is 4.77. The predicted molar refractivity (Wildman–Crippen MR) is 167 cm³/mol. The summed E-state index contributed by atoms with van der Waals surface area (Å²) in [5.41, 5.74) is 7.61. The Morgan fingerprint density at radius 1 is 0.650 bits per heavy atom. The van der Waals surface area contributed by atoms with E-state index in [9.17, 15) is 0 Å². The molecular weight excluding hydrogens is 488 g/mol. The largest absolute Gasteiger partial charge is 0.309 e. The highest BCUT2D eigenvalue weighted by Crippen LogP contribution is 2.32. The Bertz CT molecular complexity index is 2010. The Balaban J connectivity index is 1.24. The number of benzene rings is 4. The molecule has 0 aliphatic carbocycles. The number of allylic oxidation sites excluding steroid dienone is 2. The van der Waals surface area contributed by atoms with E-state index < -0.39 is 0 Å². The Labute approximate surface area is 233 Å². The van der Waals surface area contributed by atoms with Crippen molar-refractivity contribution >= 4 is 45.7 Å². The van der Waals surface area contributed by atoms with Crippen molar-refractivity contribution in [2.75, 3.05) is 0 Å². The number of hydrogen-bond acceptors (Lipinski definition) is 3. The maximum Gasteiger partial charge on any atom is 0.160 e. The molecule has 4 heteroatoms. The van der Waals surface area contributed by atoms with Crippen LogP contribution in [0.2, 0.25) is 0 Å². The molecule has 1 atom stereocenters. The third-order valence-corrected chi connectivity index (χ3v) is 7.58. The van der Waals surface area contributed by atoms with Crippen LogP contribution in [0.15, 0.2) is 120 Å². The van der Waals surface area contributed by atoms with E-state index in [4.69, 9.17) is 15.0 Å². The minimum Gasteiger partial charge on any atom is -0.309 e. The number of aliphatic imine (C=N–C) groups is 1. The average molecular weight is 517 g/mol. The Morgan fingerprint density at radius 3 is 1.93 bits per heavy atom. The molecule has 0 unspecified atom stereocenters. The Kier molecular flexibility index (Phi) is 5.94. The molecular formula is C36H28N4. The van der Waals surface area contributed by atoms with Gasteiger partial charge in [-0.15, -0.1) is 0 Å². The van der Waals surface area contributed by atoms with Crippen LogP contribution in [0.1, 0.15) is 19.7 Å². The van der Waals surface area contributed by atoms with Crippen LogP contribution in [0.3, 0.4) is 0 Å². The number of rotatable bonds is 3. The van der Waals surface area contributed by atoms with E-state index in [0.29, 0.717) is 5.82 Å². The van der Waals surface area contributed by atoms with Gasteiger partial charge in [0.25, 0.3) is 0 Å². The zero-order valence-corrected chi connectivity index (χ0v) is 22.5. The molecule has 40 heavy (non-hydrogen) atoms. The molecule has 1 aliphatic heterocycles. The molecule has 0 saturated carbocycles. The minimum atomic E-state index is 0.0581. The third kappa shape index (κ3) is 4.24. The van der Waals surface area contributed by atoms with Crippen LogP contribution in [0, 0.1) is 0 Å². The van der Waals surface area contributed by atoms with Crippen molar-refractivity contribution < 1.29 is 0 Å². The highest BCUT2D eigenvalue weighted by molar-refractivity contribution is 6.11. The minimum absolute atomic E-state index is 0.0581. The first-order valence-electron chi connectivity index (χ1n) is 13.6. The first kappa shape index (κ1) is 24.0. The summed E-state index contributed by atoms with van der Waals surface area (Å²) in [5.74, 6) is 0.676. The first-order chi connectivity index (χ1) is 19.7. The summed E-state index contributed by atoms with van der Waals surface area (Å²) >= 11 is 0. The van der Waals surface area contributed by atoms with Gasteiger partial charge in [0.1, 0.15) is 0 Å². The summed E-state index contributed by atoms with van der Waals surface area (Å²) < 4.78 is 2.33. The van der Waals surface area contributed by atoms with Crippen molar-refractivity contribution in [2.45, 2.75) is 19.9 Å². The third-order valence-electron chi connectivity index (χ3n) is 7.58. The van der Waals surface area contributed by atoms with Crippen LogP contribution in [-0.2, 0) is 0 Å². The molecule has 0 saturated heterocycles. The fraction of sp³-hybridized carbons (Fsp3) is 0.0833. The van der Waals surface area contributed by atoms with Gasteiger partial charge in [-0.3, -0.25) is 4.99 Å². The molecule has 0 N–H and O–H groups in total. The number of aromatic nitrogens is 3. The molecule has 4 aromatic carbocycles. The zero-order valence-electron chi connectivity index (χ0n) is 22.5. The van der Waals surface area contributed by atoms with Crippen LogP contribution in [0.4, 0.5) is 0 Å². The molecule has 0 spiro atoms. The fourth-order valence-corrected chi connectivity index (χ4v) is 5.56. The number of hydrogen-bond donors (Lipinski definition) is 0. The normalized spacial score (nSPS) is 17.9. The second-order valence-corrected chi connectivity index (χ2v) is 10.3. The SMILES string of the molecule is CC1=C(/c2ncc(-c3ccc(-n4c5ccccc5c5ccccc54)cc3)cn2)C=N[C@@H](C)C=c2cccc\c2=C\1. The molecule has 1 aliphatic rings. The van der Waals surface area contributed by atoms with Crippen LogP contribution in [-0.4, -0.2) is 26.8 Å². The molecule has 0 radical (unpaired) electrons. The molecule has 7 rings (SSSR count). The van der Waals surface area contributed by atoms with Crippen molar-refractivity contribution in [3.05, 3.63) is 131 Å². The van der Waals surface area contributed by atoms with E-state index in [1.165, 1.54) is 32.2 Å². The lowest BCUT2D eigenvalue weighted by Crippen LogP contribution is -2.25. The summed E-state index contributed by atoms with van der Waals surface area (Å²) in [7, 11) is 0. The number of nitrogens with zero attached hydrogens (tertiary/aromatic N) is 4. The second-order valence-electron chi connectivity index (χ2n) is 10.3. The van der Waals surface area contributed by atoms with Gasteiger partial charge < -0.3 is 4.57 Å². The van der Waals surface area contributed by atoms with Gasteiger partial charge in [0.05, 0.1) is 17.1 Å². The van der Waals surface area contributed by atoms with Crippen LogP contribution in [0.5, 0.6) is 0 Å². The zero-order chi connectivity index (χ0) is 27.1. The lowest BCUT2D eigenvalue weighted by molar-refractivity contribution is 0.978. The average Bonchev–Trinajstić information content (AvgIpc) is 3.35. The van der Waals surface area contributed by atoms with Crippen molar-refractivity contribution in [1.29, 1.82) is 0 Å². The first-order valence-corrected chi connectivity index (χ1v) is 13.6. The summed E-state index contributed by atoms with van der Waals surface area (Å²) in [6.07, 6.45) is 10.1. The molecule has 2 aromatic heterocycles. The number of para-hydroxylation sites is 2. The van der Waals surface area contributed by atoms with Crippen molar-refractivity contribution in [1.82, 2.24) is 14.5 Å². The Hall–Kier alpha value is -5.09. The van der Waals surface area contributed by atoms with E-state index in [-0.39, 0.29) is 6.04 Å². The lowest BCUT2D eigenvalue weighted by Gasteiger charge is -2.10. The highest BCUT2D eigenvalue weighted by Gasteiger charge is 2.12. The van der Waals surface area contributed by atoms with E-state index in [1.807, 2.05) is 18.6 Å². The van der Waals surface area contributed by atoms with E-state index in [1.54, 1.807) is 0 Å². The van der Waals surface area contributed by atoms with Gasteiger partial charge in [0.15, 0.2) is 5.82 Å². The standard InChI is InChI=1S/C36H28N4/c1-24-19-27-9-3-4-10-28(27)20-25(2)37-23-33(24)36-38-21-29(22-39-36)26-15-17-30(18-16-26)40-34-13-7-5-11-31(34)32-12-6-8-14-35(32)40/h3-23,25H,1-2H3/b27-19-,28-20?,33-24-,37-23?/t25-/m0/s1. The van der Waals surface area contributed by atoms with Gasteiger partial charge in [0.2, 0.25) is 0 Å². The van der Waals surface area contributed by atoms with Gasteiger partial charge in [0, 0.05) is 46.2 Å².